The molecule has 0 saturated carbocycles. The Morgan fingerprint density at radius 1 is 0.917 bits per heavy atom. The Labute approximate surface area is 144 Å². The molecule has 2 aliphatic rings. The quantitative estimate of drug-likeness (QED) is 0.894. The Balaban J connectivity index is 1.69. The second-order valence-corrected chi connectivity index (χ2v) is 6.74. The molecule has 0 saturated heterocycles. The van der Waals surface area contributed by atoms with Crippen LogP contribution < -0.4 is 10.1 Å². The molecule has 0 unspecified atom stereocenters. The summed E-state index contributed by atoms with van der Waals surface area (Å²) in [5.74, 6) is 1.14. The van der Waals surface area contributed by atoms with E-state index in [1.807, 2.05) is 0 Å². The van der Waals surface area contributed by atoms with E-state index >= 15 is 0 Å². The summed E-state index contributed by atoms with van der Waals surface area (Å²) in [7, 11) is 0. The predicted octanol–water partition coefficient (Wildman–Crippen LogP) is 4.52. The third-order valence-electron chi connectivity index (χ3n) is 5.12. The summed E-state index contributed by atoms with van der Waals surface area (Å²) in [6.07, 6.45) is 8.33. The predicted molar refractivity (Wildman–Crippen MR) is 99.3 cm³/mol. The maximum absolute atomic E-state index is 6.41. The Hall–Kier alpha value is -2.06. The molecular formula is C22H25NO. The molecule has 4 rings (SSSR count). The molecule has 1 heterocycles. The average molecular weight is 319 g/mol. The van der Waals surface area contributed by atoms with E-state index in [4.69, 9.17) is 4.74 Å². The van der Waals surface area contributed by atoms with Crippen LogP contribution in [0, 0.1) is 0 Å². The largest absolute Gasteiger partial charge is 0.488 e. The molecule has 1 aliphatic carbocycles. The van der Waals surface area contributed by atoms with Crippen molar-refractivity contribution < 1.29 is 4.74 Å². The van der Waals surface area contributed by atoms with E-state index in [2.05, 4.69) is 53.9 Å². The summed E-state index contributed by atoms with van der Waals surface area (Å²) in [5.41, 5.74) is 6.92. The molecule has 1 N–H and O–H groups in total. The third kappa shape index (κ3) is 3.25. The van der Waals surface area contributed by atoms with Crippen molar-refractivity contribution in [3.63, 3.8) is 0 Å². The second-order valence-electron chi connectivity index (χ2n) is 6.74. The van der Waals surface area contributed by atoms with Crippen molar-refractivity contribution >= 4 is 5.57 Å². The lowest BCUT2D eigenvalue weighted by Crippen LogP contribution is -2.20. The van der Waals surface area contributed by atoms with E-state index in [1.165, 1.54) is 47.1 Å². The van der Waals surface area contributed by atoms with E-state index in [-0.39, 0.29) is 0 Å². The number of nitrogens with one attached hydrogen (secondary N) is 1. The molecule has 2 aromatic rings. The van der Waals surface area contributed by atoms with E-state index in [0.717, 1.165) is 31.7 Å². The Kier molecular flexibility index (Phi) is 4.66. The molecule has 0 aromatic heterocycles. The molecule has 0 fully saturated rings. The van der Waals surface area contributed by atoms with Gasteiger partial charge in [-0.2, -0.15) is 0 Å². The van der Waals surface area contributed by atoms with Crippen molar-refractivity contribution in [3.05, 3.63) is 70.8 Å². The van der Waals surface area contributed by atoms with Gasteiger partial charge in [0, 0.05) is 12.1 Å². The summed E-state index contributed by atoms with van der Waals surface area (Å²) in [6, 6.07) is 15.1. The van der Waals surface area contributed by atoms with Crippen molar-refractivity contribution in [2.24, 2.45) is 0 Å². The van der Waals surface area contributed by atoms with Gasteiger partial charge >= 0.3 is 0 Å². The topological polar surface area (TPSA) is 21.3 Å². The minimum Gasteiger partial charge on any atom is -0.488 e. The Morgan fingerprint density at radius 2 is 1.79 bits per heavy atom. The average Bonchev–Trinajstić information content (AvgIpc) is 2.67. The summed E-state index contributed by atoms with van der Waals surface area (Å²) < 4.78 is 6.41. The van der Waals surface area contributed by atoms with Crippen LogP contribution in [0.5, 0.6) is 5.75 Å². The van der Waals surface area contributed by atoms with Gasteiger partial charge in [-0.25, -0.2) is 0 Å². The van der Waals surface area contributed by atoms with Gasteiger partial charge in [0.05, 0.1) is 0 Å². The molecule has 0 amide bonds. The second kappa shape index (κ2) is 7.23. The number of hydrogen-bond acceptors (Lipinski definition) is 2. The lowest BCUT2D eigenvalue weighted by molar-refractivity contribution is 0.300. The van der Waals surface area contributed by atoms with Crippen LogP contribution in [0.1, 0.15) is 41.5 Å². The highest BCUT2D eigenvalue weighted by molar-refractivity contribution is 5.73. The van der Waals surface area contributed by atoms with Gasteiger partial charge in [-0.1, -0.05) is 48.5 Å². The van der Waals surface area contributed by atoms with Gasteiger partial charge in [-0.05, 0) is 60.9 Å². The molecule has 1 aliphatic heterocycles. The molecule has 24 heavy (non-hydrogen) atoms. The standard InChI is InChI=1S/C22H25NO/c1-2-6-17(7-3-1)16-24-22-20-9-5-4-8-18(20)10-11-21(22)19-12-14-23-15-13-19/h1-3,6-7,10-12,23H,4-5,8-9,13-16H2. The van der Waals surface area contributed by atoms with Crippen molar-refractivity contribution in [1.82, 2.24) is 5.32 Å². The molecular weight excluding hydrogens is 294 g/mol. The molecule has 124 valence electrons. The van der Waals surface area contributed by atoms with E-state index in [0.29, 0.717) is 6.61 Å². The highest BCUT2D eigenvalue weighted by atomic mass is 16.5. The molecule has 2 heteroatoms. The van der Waals surface area contributed by atoms with Crippen molar-refractivity contribution in [2.45, 2.75) is 38.7 Å². The SMILES string of the molecule is C1=C(c2ccc3c(c2OCc2ccccc2)CCCC3)CCNC1. The van der Waals surface area contributed by atoms with Gasteiger partial charge in [-0.15, -0.1) is 0 Å². The van der Waals surface area contributed by atoms with Crippen LogP contribution in [0.25, 0.3) is 5.57 Å². The van der Waals surface area contributed by atoms with Crippen molar-refractivity contribution in [2.75, 3.05) is 13.1 Å². The molecule has 2 nitrogen and oxygen atoms in total. The number of hydrogen-bond donors (Lipinski definition) is 1. The Bertz CT molecular complexity index is 733. The van der Waals surface area contributed by atoms with Crippen molar-refractivity contribution in [1.29, 1.82) is 0 Å². The van der Waals surface area contributed by atoms with Gasteiger partial charge in [0.2, 0.25) is 0 Å². The molecule has 0 radical (unpaired) electrons. The first-order valence-electron chi connectivity index (χ1n) is 9.13. The fraction of sp³-hybridized carbons (Fsp3) is 0.364. The van der Waals surface area contributed by atoms with Crippen LogP contribution in [0.3, 0.4) is 0 Å². The van der Waals surface area contributed by atoms with Crippen LogP contribution in [0.15, 0.2) is 48.5 Å². The summed E-state index contributed by atoms with van der Waals surface area (Å²) >= 11 is 0. The van der Waals surface area contributed by atoms with Gasteiger partial charge in [0.1, 0.15) is 12.4 Å². The maximum atomic E-state index is 6.41. The zero-order valence-electron chi connectivity index (χ0n) is 14.2. The van der Waals surface area contributed by atoms with Crippen LogP contribution in [-0.2, 0) is 19.4 Å². The third-order valence-corrected chi connectivity index (χ3v) is 5.12. The van der Waals surface area contributed by atoms with Crippen LogP contribution in [0.2, 0.25) is 0 Å². The Morgan fingerprint density at radius 3 is 2.62 bits per heavy atom. The smallest absolute Gasteiger partial charge is 0.130 e. The number of ether oxygens (including phenoxy) is 1. The van der Waals surface area contributed by atoms with Crippen LogP contribution >= 0.6 is 0 Å². The summed E-state index contributed by atoms with van der Waals surface area (Å²) in [4.78, 5) is 0. The first-order valence-corrected chi connectivity index (χ1v) is 9.13. The number of aryl methyl sites for hydroxylation is 1. The zero-order chi connectivity index (χ0) is 16.2. The van der Waals surface area contributed by atoms with E-state index in [1.54, 1.807) is 0 Å². The van der Waals surface area contributed by atoms with E-state index in [9.17, 15) is 0 Å². The first kappa shape index (κ1) is 15.5. The van der Waals surface area contributed by atoms with Gasteiger partial charge in [0.15, 0.2) is 0 Å². The fourth-order valence-electron chi connectivity index (χ4n) is 3.81. The monoisotopic (exact) mass is 319 g/mol. The van der Waals surface area contributed by atoms with Crippen LogP contribution in [0.4, 0.5) is 0 Å². The maximum Gasteiger partial charge on any atom is 0.130 e. The molecule has 0 spiro atoms. The van der Waals surface area contributed by atoms with Crippen molar-refractivity contribution in [3.8, 4) is 5.75 Å². The molecule has 2 aromatic carbocycles. The number of benzene rings is 2. The van der Waals surface area contributed by atoms with E-state index < -0.39 is 0 Å². The molecule has 0 bridgehead atoms. The minimum atomic E-state index is 0.649. The normalized spacial score (nSPS) is 17.1. The minimum absolute atomic E-state index is 0.649. The number of rotatable bonds is 4. The van der Waals surface area contributed by atoms with Crippen LogP contribution in [-0.4, -0.2) is 13.1 Å². The fourth-order valence-corrected chi connectivity index (χ4v) is 3.81. The zero-order valence-corrected chi connectivity index (χ0v) is 14.2. The van der Waals surface area contributed by atoms with Gasteiger partial charge in [-0.3, -0.25) is 0 Å². The highest BCUT2D eigenvalue weighted by Gasteiger charge is 2.20. The lowest BCUT2D eigenvalue weighted by atomic mass is 9.87. The summed E-state index contributed by atoms with van der Waals surface area (Å²) in [6.45, 7) is 2.67. The first-order chi connectivity index (χ1) is 11.9. The lowest BCUT2D eigenvalue weighted by Gasteiger charge is -2.24. The van der Waals surface area contributed by atoms with Gasteiger partial charge < -0.3 is 10.1 Å². The molecule has 0 atom stereocenters. The highest BCUT2D eigenvalue weighted by Crippen LogP contribution is 2.38. The number of fused-ring (bicyclic) bond motifs is 1. The summed E-state index contributed by atoms with van der Waals surface area (Å²) in [5, 5.41) is 3.41. The van der Waals surface area contributed by atoms with Gasteiger partial charge in [0.25, 0.3) is 0 Å².